The van der Waals surface area contributed by atoms with Crippen molar-refractivity contribution < 1.29 is 14.1 Å². The first-order chi connectivity index (χ1) is 9.52. The minimum Gasteiger partial charge on any atom is -0.447 e. The van der Waals surface area contributed by atoms with Gasteiger partial charge >= 0.3 is 5.69 Å². The Kier molecular flexibility index (Phi) is 4.20. The Hall–Kier alpha value is -2.14. The molecule has 0 aliphatic heterocycles. The van der Waals surface area contributed by atoms with Gasteiger partial charge in [-0.2, -0.15) is 0 Å². The van der Waals surface area contributed by atoms with Crippen LogP contribution >= 0.6 is 11.6 Å². The summed E-state index contributed by atoms with van der Waals surface area (Å²) >= 11 is 5.75. The van der Waals surface area contributed by atoms with E-state index in [1.165, 1.54) is 12.1 Å². The second-order valence-electron chi connectivity index (χ2n) is 4.17. The van der Waals surface area contributed by atoms with Crippen molar-refractivity contribution in [2.24, 2.45) is 0 Å². The van der Waals surface area contributed by atoms with Crippen molar-refractivity contribution in [2.75, 3.05) is 0 Å². The second kappa shape index (κ2) is 5.88. The zero-order valence-electron chi connectivity index (χ0n) is 10.6. The summed E-state index contributed by atoms with van der Waals surface area (Å²) in [5.41, 5.74) is 1.38. The zero-order chi connectivity index (χ0) is 14.7. The molecule has 0 aliphatic carbocycles. The zero-order valence-corrected chi connectivity index (χ0v) is 11.4. The van der Waals surface area contributed by atoms with Crippen LogP contribution in [0.15, 0.2) is 36.4 Å². The Balaban J connectivity index is 2.39. The molecule has 0 radical (unpaired) electrons. The summed E-state index contributed by atoms with van der Waals surface area (Å²) in [4.78, 5) is 10.2. The number of hydrogen-bond donors (Lipinski definition) is 0. The minimum atomic E-state index is -0.779. The maximum atomic E-state index is 13.7. The maximum Gasteiger partial charge on any atom is 0.314 e. The SMILES string of the molecule is Cc1cc(Oc2c(F)cccc2[N+](=O)[O-])ccc1CCl. The van der Waals surface area contributed by atoms with E-state index in [-0.39, 0.29) is 0 Å². The van der Waals surface area contributed by atoms with Gasteiger partial charge in [-0.05, 0) is 36.2 Å². The molecule has 0 spiro atoms. The van der Waals surface area contributed by atoms with Crippen LogP contribution in [0.4, 0.5) is 10.1 Å². The third-order valence-corrected chi connectivity index (χ3v) is 3.11. The number of alkyl halides is 1. The lowest BCUT2D eigenvalue weighted by Gasteiger charge is -2.09. The average molecular weight is 296 g/mol. The van der Waals surface area contributed by atoms with Gasteiger partial charge in [0, 0.05) is 11.9 Å². The summed E-state index contributed by atoms with van der Waals surface area (Å²) in [6.45, 7) is 1.83. The lowest BCUT2D eigenvalue weighted by Crippen LogP contribution is -1.96. The molecule has 2 rings (SSSR count). The van der Waals surface area contributed by atoms with E-state index < -0.39 is 22.2 Å². The molecule has 4 nitrogen and oxygen atoms in total. The summed E-state index contributed by atoms with van der Waals surface area (Å²) < 4.78 is 19.0. The quantitative estimate of drug-likeness (QED) is 0.471. The standard InChI is InChI=1S/C14H11ClFNO3/c1-9-7-11(6-5-10(9)8-15)20-14-12(16)3-2-4-13(14)17(18)19/h2-7H,8H2,1H3. The fourth-order valence-electron chi connectivity index (χ4n) is 1.74. The maximum absolute atomic E-state index is 13.7. The largest absolute Gasteiger partial charge is 0.447 e. The highest BCUT2D eigenvalue weighted by Crippen LogP contribution is 2.34. The summed E-state index contributed by atoms with van der Waals surface area (Å²) in [7, 11) is 0. The molecule has 104 valence electrons. The van der Waals surface area contributed by atoms with Gasteiger partial charge in [-0.3, -0.25) is 10.1 Å². The monoisotopic (exact) mass is 295 g/mol. The van der Waals surface area contributed by atoms with Crippen molar-refractivity contribution >= 4 is 17.3 Å². The van der Waals surface area contributed by atoms with E-state index in [1.807, 2.05) is 6.92 Å². The summed E-state index contributed by atoms with van der Waals surface area (Å²) in [6, 6.07) is 8.57. The van der Waals surface area contributed by atoms with Gasteiger partial charge in [-0.15, -0.1) is 11.6 Å². The average Bonchev–Trinajstić information content (AvgIpc) is 2.41. The van der Waals surface area contributed by atoms with Crippen molar-refractivity contribution in [3.63, 3.8) is 0 Å². The highest BCUT2D eigenvalue weighted by atomic mass is 35.5. The van der Waals surface area contributed by atoms with Gasteiger partial charge in [0.2, 0.25) is 5.75 Å². The number of nitrogens with zero attached hydrogens (tertiary/aromatic N) is 1. The normalized spacial score (nSPS) is 10.3. The Morgan fingerprint density at radius 1 is 1.35 bits per heavy atom. The Labute approximate surface area is 119 Å². The summed E-state index contributed by atoms with van der Waals surface area (Å²) in [5, 5.41) is 10.9. The molecule has 0 heterocycles. The van der Waals surface area contributed by atoms with E-state index in [1.54, 1.807) is 18.2 Å². The molecular formula is C14H11ClFNO3. The lowest BCUT2D eigenvalue weighted by molar-refractivity contribution is -0.385. The Morgan fingerprint density at radius 3 is 2.70 bits per heavy atom. The van der Waals surface area contributed by atoms with Gasteiger partial charge in [0.15, 0.2) is 5.82 Å². The van der Waals surface area contributed by atoms with Crippen LogP contribution in [0.25, 0.3) is 0 Å². The number of hydrogen-bond acceptors (Lipinski definition) is 3. The predicted molar refractivity (Wildman–Crippen MR) is 73.9 cm³/mol. The van der Waals surface area contributed by atoms with Crippen LogP contribution in [0.3, 0.4) is 0 Å². The van der Waals surface area contributed by atoms with Crippen LogP contribution in [0, 0.1) is 22.9 Å². The summed E-state index contributed by atoms with van der Waals surface area (Å²) in [5.74, 6) is -0.496. The number of rotatable bonds is 4. The van der Waals surface area contributed by atoms with Crippen molar-refractivity contribution in [1.29, 1.82) is 0 Å². The van der Waals surface area contributed by atoms with E-state index in [0.717, 1.165) is 17.2 Å². The molecule has 0 amide bonds. The first-order valence-electron chi connectivity index (χ1n) is 5.79. The van der Waals surface area contributed by atoms with Crippen LogP contribution in [-0.2, 0) is 5.88 Å². The molecule has 0 fully saturated rings. The molecule has 2 aromatic rings. The molecule has 0 saturated carbocycles. The molecule has 2 aromatic carbocycles. The van der Waals surface area contributed by atoms with E-state index >= 15 is 0 Å². The fraction of sp³-hybridized carbons (Fsp3) is 0.143. The van der Waals surface area contributed by atoms with E-state index in [2.05, 4.69) is 0 Å². The second-order valence-corrected chi connectivity index (χ2v) is 4.44. The highest BCUT2D eigenvalue weighted by molar-refractivity contribution is 6.17. The third kappa shape index (κ3) is 2.88. The minimum absolute atomic E-state index is 0.324. The molecule has 0 aromatic heterocycles. The van der Waals surface area contributed by atoms with Gasteiger partial charge in [0.1, 0.15) is 5.75 Å². The molecule has 20 heavy (non-hydrogen) atoms. The Bertz CT molecular complexity index is 661. The van der Waals surface area contributed by atoms with Crippen molar-refractivity contribution in [1.82, 2.24) is 0 Å². The molecule has 0 aliphatic rings. The van der Waals surface area contributed by atoms with Gasteiger partial charge in [0.05, 0.1) is 4.92 Å². The molecular weight excluding hydrogens is 285 g/mol. The topological polar surface area (TPSA) is 52.4 Å². The molecule has 0 unspecified atom stereocenters. The highest BCUT2D eigenvalue weighted by Gasteiger charge is 2.20. The lowest BCUT2D eigenvalue weighted by atomic mass is 10.1. The van der Waals surface area contributed by atoms with Crippen LogP contribution in [0.1, 0.15) is 11.1 Å². The number of para-hydroxylation sites is 1. The van der Waals surface area contributed by atoms with Gasteiger partial charge in [0.25, 0.3) is 0 Å². The van der Waals surface area contributed by atoms with Gasteiger partial charge in [-0.25, -0.2) is 4.39 Å². The van der Waals surface area contributed by atoms with Crippen LogP contribution in [0.2, 0.25) is 0 Å². The van der Waals surface area contributed by atoms with Crippen molar-refractivity contribution in [3.8, 4) is 11.5 Å². The molecule has 0 atom stereocenters. The number of halogens is 2. The number of benzene rings is 2. The van der Waals surface area contributed by atoms with Crippen LogP contribution in [-0.4, -0.2) is 4.92 Å². The fourth-order valence-corrected chi connectivity index (χ4v) is 2.04. The van der Waals surface area contributed by atoms with Crippen LogP contribution in [0.5, 0.6) is 11.5 Å². The predicted octanol–water partition coefficient (Wildman–Crippen LogP) is 4.57. The van der Waals surface area contributed by atoms with Crippen LogP contribution < -0.4 is 4.74 Å². The van der Waals surface area contributed by atoms with Gasteiger partial charge < -0.3 is 4.74 Å². The first-order valence-corrected chi connectivity index (χ1v) is 6.32. The third-order valence-electron chi connectivity index (χ3n) is 2.82. The smallest absolute Gasteiger partial charge is 0.314 e. The van der Waals surface area contributed by atoms with E-state index in [9.17, 15) is 14.5 Å². The first kappa shape index (κ1) is 14.3. The van der Waals surface area contributed by atoms with E-state index in [0.29, 0.717) is 11.6 Å². The Morgan fingerprint density at radius 2 is 2.10 bits per heavy atom. The molecule has 6 heteroatoms. The van der Waals surface area contributed by atoms with Crippen molar-refractivity contribution in [3.05, 3.63) is 63.5 Å². The number of nitro benzene ring substituents is 1. The molecule has 0 N–H and O–H groups in total. The molecule has 0 saturated heterocycles. The van der Waals surface area contributed by atoms with Gasteiger partial charge in [-0.1, -0.05) is 12.1 Å². The number of nitro groups is 1. The van der Waals surface area contributed by atoms with Crippen molar-refractivity contribution in [2.45, 2.75) is 12.8 Å². The molecule has 0 bridgehead atoms. The van der Waals surface area contributed by atoms with E-state index in [4.69, 9.17) is 16.3 Å². The number of ether oxygens (including phenoxy) is 1. The number of aryl methyl sites for hydroxylation is 1. The summed E-state index contributed by atoms with van der Waals surface area (Å²) in [6.07, 6.45) is 0.